The molecule has 0 aromatic rings. The lowest BCUT2D eigenvalue weighted by Crippen LogP contribution is -2.61. The van der Waals surface area contributed by atoms with E-state index in [0.29, 0.717) is 11.5 Å². The second-order valence-electron chi connectivity index (χ2n) is 6.88. The summed E-state index contributed by atoms with van der Waals surface area (Å²) in [6.45, 7) is 12.4. The zero-order valence-corrected chi connectivity index (χ0v) is 12.6. The second kappa shape index (κ2) is 5.25. The van der Waals surface area contributed by atoms with Gasteiger partial charge in [0.25, 0.3) is 0 Å². The van der Waals surface area contributed by atoms with E-state index < -0.39 is 0 Å². The highest BCUT2D eigenvalue weighted by Gasteiger charge is 2.40. The molecule has 3 nitrogen and oxygen atoms in total. The van der Waals surface area contributed by atoms with Crippen LogP contribution in [0.5, 0.6) is 0 Å². The standard InChI is InChI=1S/C14H31N3/c1-12(13(2,3)4)17(6)14(11-15)7-9-16(5)10-8-14/h12H,7-11,15H2,1-6H3. The summed E-state index contributed by atoms with van der Waals surface area (Å²) in [7, 11) is 4.46. The zero-order chi connectivity index (χ0) is 13.3. The van der Waals surface area contributed by atoms with Crippen LogP contribution < -0.4 is 5.73 Å². The highest BCUT2D eigenvalue weighted by atomic mass is 15.2. The van der Waals surface area contributed by atoms with Crippen molar-refractivity contribution in [2.24, 2.45) is 11.1 Å². The first-order chi connectivity index (χ1) is 7.73. The van der Waals surface area contributed by atoms with Crippen LogP contribution >= 0.6 is 0 Å². The van der Waals surface area contributed by atoms with E-state index in [1.54, 1.807) is 0 Å². The van der Waals surface area contributed by atoms with Gasteiger partial charge >= 0.3 is 0 Å². The summed E-state index contributed by atoms with van der Waals surface area (Å²) in [6.07, 6.45) is 2.38. The smallest absolute Gasteiger partial charge is 0.0356 e. The maximum atomic E-state index is 6.11. The summed E-state index contributed by atoms with van der Waals surface area (Å²) in [4.78, 5) is 4.95. The van der Waals surface area contributed by atoms with E-state index in [9.17, 15) is 0 Å². The van der Waals surface area contributed by atoms with Gasteiger partial charge in [0.15, 0.2) is 0 Å². The molecule has 1 unspecified atom stereocenters. The minimum Gasteiger partial charge on any atom is -0.329 e. The Kier molecular flexibility index (Phi) is 4.61. The molecule has 1 heterocycles. The number of rotatable bonds is 3. The molecule has 0 amide bonds. The number of likely N-dealkylation sites (N-methyl/N-ethyl adjacent to an activating group) is 1. The van der Waals surface area contributed by atoms with Crippen molar-refractivity contribution in [2.75, 3.05) is 33.7 Å². The molecule has 1 rings (SSSR count). The Morgan fingerprint density at radius 3 is 2.12 bits per heavy atom. The molecule has 2 N–H and O–H groups in total. The summed E-state index contributed by atoms with van der Waals surface area (Å²) in [6, 6.07) is 0.550. The average Bonchev–Trinajstić information content (AvgIpc) is 2.27. The SMILES string of the molecule is CC(N(C)C1(CN)CCN(C)CC1)C(C)(C)C. The normalized spacial score (nSPS) is 24.0. The Hall–Kier alpha value is -0.120. The quantitative estimate of drug-likeness (QED) is 0.817. The van der Waals surface area contributed by atoms with Gasteiger partial charge in [-0.3, -0.25) is 4.90 Å². The third-order valence-electron chi connectivity index (χ3n) is 4.88. The maximum Gasteiger partial charge on any atom is 0.0356 e. The number of piperidine rings is 1. The molecule has 1 saturated heterocycles. The third-order valence-corrected chi connectivity index (χ3v) is 4.88. The fourth-order valence-electron chi connectivity index (χ4n) is 2.73. The summed E-state index contributed by atoms with van der Waals surface area (Å²) >= 11 is 0. The number of nitrogens with zero attached hydrogens (tertiary/aromatic N) is 2. The molecule has 0 aliphatic carbocycles. The van der Waals surface area contributed by atoms with Crippen LogP contribution in [0.3, 0.4) is 0 Å². The Morgan fingerprint density at radius 1 is 1.29 bits per heavy atom. The Labute approximate surface area is 107 Å². The van der Waals surface area contributed by atoms with E-state index in [2.05, 4.69) is 51.6 Å². The fraction of sp³-hybridized carbons (Fsp3) is 1.00. The Morgan fingerprint density at radius 2 is 1.76 bits per heavy atom. The van der Waals surface area contributed by atoms with Crippen molar-refractivity contribution < 1.29 is 0 Å². The first-order valence-corrected chi connectivity index (χ1v) is 6.84. The van der Waals surface area contributed by atoms with Crippen molar-refractivity contribution in [3.63, 3.8) is 0 Å². The molecular weight excluding hydrogens is 210 g/mol. The molecule has 17 heavy (non-hydrogen) atoms. The van der Waals surface area contributed by atoms with Crippen molar-refractivity contribution in [3.8, 4) is 0 Å². The van der Waals surface area contributed by atoms with Gasteiger partial charge < -0.3 is 10.6 Å². The van der Waals surface area contributed by atoms with E-state index in [4.69, 9.17) is 5.73 Å². The Bertz CT molecular complexity index is 236. The van der Waals surface area contributed by atoms with Gasteiger partial charge in [0.2, 0.25) is 0 Å². The highest BCUT2D eigenvalue weighted by Crippen LogP contribution is 2.33. The predicted molar refractivity (Wildman–Crippen MR) is 75.2 cm³/mol. The minimum atomic E-state index is 0.208. The van der Waals surface area contributed by atoms with Crippen LogP contribution in [0.2, 0.25) is 0 Å². The summed E-state index contributed by atoms with van der Waals surface area (Å²) in [5, 5.41) is 0. The number of hydrogen-bond donors (Lipinski definition) is 1. The van der Waals surface area contributed by atoms with Crippen LogP contribution in [-0.2, 0) is 0 Å². The van der Waals surface area contributed by atoms with Gasteiger partial charge in [0, 0.05) is 18.1 Å². The van der Waals surface area contributed by atoms with Gasteiger partial charge in [0.1, 0.15) is 0 Å². The van der Waals surface area contributed by atoms with Gasteiger partial charge in [-0.05, 0) is 52.4 Å². The predicted octanol–water partition coefficient (Wildman–Crippen LogP) is 1.78. The van der Waals surface area contributed by atoms with Crippen molar-refractivity contribution >= 4 is 0 Å². The molecule has 0 spiro atoms. The van der Waals surface area contributed by atoms with E-state index in [0.717, 1.165) is 6.54 Å². The minimum absolute atomic E-state index is 0.208. The molecule has 1 fully saturated rings. The molecule has 1 aliphatic heterocycles. The molecule has 0 radical (unpaired) electrons. The molecule has 102 valence electrons. The Balaban J connectivity index is 2.79. The lowest BCUT2D eigenvalue weighted by atomic mass is 9.80. The monoisotopic (exact) mass is 241 g/mol. The highest BCUT2D eigenvalue weighted by molar-refractivity contribution is 4.98. The molecule has 0 saturated carbocycles. The number of hydrogen-bond acceptors (Lipinski definition) is 3. The molecule has 0 aromatic carbocycles. The summed E-state index contributed by atoms with van der Waals surface area (Å²) in [5.74, 6) is 0. The molecular formula is C14H31N3. The van der Waals surface area contributed by atoms with Gasteiger partial charge in [-0.2, -0.15) is 0 Å². The molecule has 1 aliphatic rings. The zero-order valence-electron chi connectivity index (χ0n) is 12.6. The molecule has 3 heteroatoms. The van der Waals surface area contributed by atoms with Gasteiger partial charge in [-0.15, -0.1) is 0 Å². The van der Waals surface area contributed by atoms with Crippen LogP contribution in [-0.4, -0.2) is 55.1 Å². The number of nitrogens with two attached hydrogens (primary N) is 1. The molecule has 0 aromatic heterocycles. The topological polar surface area (TPSA) is 32.5 Å². The van der Waals surface area contributed by atoms with Crippen molar-refractivity contribution in [1.29, 1.82) is 0 Å². The molecule has 1 atom stereocenters. The fourth-order valence-corrected chi connectivity index (χ4v) is 2.73. The van der Waals surface area contributed by atoms with Crippen LogP contribution in [0, 0.1) is 5.41 Å². The van der Waals surface area contributed by atoms with E-state index in [1.165, 1.54) is 25.9 Å². The molecule has 0 bridgehead atoms. The van der Waals surface area contributed by atoms with Crippen LogP contribution in [0.1, 0.15) is 40.5 Å². The third kappa shape index (κ3) is 3.21. The van der Waals surface area contributed by atoms with Crippen molar-refractivity contribution in [1.82, 2.24) is 9.80 Å². The lowest BCUT2D eigenvalue weighted by molar-refractivity contribution is -0.00636. The van der Waals surface area contributed by atoms with Crippen LogP contribution in [0.25, 0.3) is 0 Å². The first kappa shape index (κ1) is 14.9. The van der Waals surface area contributed by atoms with Crippen LogP contribution in [0.4, 0.5) is 0 Å². The second-order valence-corrected chi connectivity index (χ2v) is 6.88. The van der Waals surface area contributed by atoms with Crippen molar-refractivity contribution in [3.05, 3.63) is 0 Å². The van der Waals surface area contributed by atoms with Gasteiger partial charge in [0.05, 0.1) is 0 Å². The summed E-state index contributed by atoms with van der Waals surface area (Å²) in [5.41, 5.74) is 6.62. The summed E-state index contributed by atoms with van der Waals surface area (Å²) < 4.78 is 0. The lowest BCUT2D eigenvalue weighted by Gasteiger charge is -2.51. The first-order valence-electron chi connectivity index (χ1n) is 6.84. The average molecular weight is 241 g/mol. The maximum absolute atomic E-state index is 6.11. The number of likely N-dealkylation sites (tertiary alicyclic amines) is 1. The van der Waals surface area contributed by atoms with Gasteiger partial charge in [-0.1, -0.05) is 20.8 Å². The van der Waals surface area contributed by atoms with Crippen LogP contribution in [0.15, 0.2) is 0 Å². The van der Waals surface area contributed by atoms with E-state index in [-0.39, 0.29) is 5.54 Å². The largest absolute Gasteiger partial charge is 0.329 e. The van der Waals surface area contributed by atoms with Gasteiger partial charge in [-0.25, -0.2) is 0 Å². The van der Waals surface area contributed by atoms with E-state index >= 15 is 0 Å². The van der Waals surface area contributed by atoms with Crippen molar-refractivity contribution in [2.45, 2.75) is 52.1 Å². The van der Waals surface area contributed by atoms with E-state index in [1.807, 2.05) is 0 Å².